The fraction of sp³-hybridized carbons (Fsp3) is 0.273. The van der Waals surface area contributed by atoms with E-state index in [-0.39, 0.29) is 29.9 Å². The Hall–Kier alpha value is -3.28. The Kier molecular flexibility index (Phi) is 4.77. The Labute approximate surface area is 163 Å². The number of pyridine rings is 1. The molecule has 4 rings (SSSR count). The summed E-state index contributed by atoms with van der Waals surface area (Å²) in [5.41, 5.74) is 3.90. The molecular weight excluding hydrogens is 354 g/mol. The summed E-state index contributed by atoms with van der Waals surface area (Å²) in [6.45, 7) is 1.45. The second-order valence-corrected chi connectivity index (χ2v) is 7.13. The van der Waals surface area contributed by atoms with Crippen LogP contribution in [0.4, 0.5) is 11.4 Å². The van der Waals surface area contributed by atoms with Gasteiger partial charge < -0.3 is 5.32 Å². The van der Waals surface area contributed by atoms with Gasteiger partial charge in [-0.3, -0.25) is 24.3 Å². The van der Waals surface area contributed by atoms with Crippen LogP contribution in [0.2, 0.25) is 0 Å². The van der Waals surface area contributed by atoms with Gasteiger partial charge in [0.1, 0.15) is 0 Å². The number of carbonyl (C=O) groups is 3. The smallest absolute Gasteiger partial charge is 0.232 e. The van der Waals surface area contributed by atoms with Gasteiger partial charge in [-0.2, -0.15) is 0 Å². The maximum absolute atomic E-state index is 13.1. The van der Waals surface area contributed by atoms with Crippen LogP contribution in [0, 0.1) is 0 Å². The summed E-state index contributed by atoms with van der Waals surface area (Å²) in [5, 5.41) is 2.72. The number of carbonyl (C=O) groups excluding carboxylic acids is 3. The first kappa shape index (κ1) is 18.1. The summed E-state index contributed by atoms with van der Waals surface area (Å²) in [6.07, 6.45) is 5.60. The molecule has 1 atom stereocenters. The molecule has 0 spiro atoms. The Morgan fingerprint density at radius 1 is 1.07 bits per heavy atom. The van der Waals surface area contributed by atoms with Gasteiger partial charge in [0.05, 0.1) is 0 Å². The van der Waals surface area contributed by atoms with Crippen molar-refractivity contribution in [2.24, 2.45) is 0 Å². The molecule has 0 fully saturated rings. The minimum absolute atomic E-state index is 0.0254. The number of anilines is 2. The normalized spacial score (nSPS) is 19.5. The number of rotatable bonds is 3. The molecular formula is C22H21N3O3. The summed E-state index contributed by atoms with van der Waals surface area (Å²) >= 11 is 0. The number of Topliss-reactive ketones (excluding diaryl/α,β-unsaturated/α-hetero) is 1. The second kappa shape index (κ2) is 7.38. The predicted molar refractivity (Wildman–Crippen MR) is 106 cm³/mol. The zero-order valence-corrected chi connectivity index (χ0v) is 15.6. The second-order valence-electron chi connectivity index (χ2n) is 7.13. The Balaban J connectivity index is 1.76. The quantitative estimate of drug-likeness (QED) is 0.889. The van der Waals surface area contributed by atoms with Crippen molar-refractivity contribution < 1.29 is 14.4 Å². The first-order valence-corrected chi connectivity index (χ1v) is 9.41. The first-order valence-electron chi connectivity index (χ1n) is 9.41. The summed E-state index contributed by atoms with van der Waals surface area (Å²) in [5.74, 6) is -0.268. The van der Waals surface area contributed by atoms with E-state index >= 15 is 0 Å². The lowest BCUT2D eigenvalue weighted by Gasteiger charge is -2.38. The average molecular weight is 375 g/mol. The topological polar surface area (TPSA) is 79.4 Å². The van der Waals surface area contributed by atoms with Crippen molar-refractivity contribution in [1.29, 1.82) is 0 Å². The molecule has 1 aromatic heterocycles. The molecule has 6 heteroatoms. The Bertz CT molecular complexity index is 964. The molecule has 0 radical (unpaired) electrons. The van der Waals surface area contributed by atoms with Crippen LogP contribution in [-0.4, -0.2) is 22.6 Å². The van der Waals surface area contributed by atoms with Crippen molar-refractivity contribution in [3.05, 3.63) is 65.6 Å². The average Bonchev–Trinajstić information content (AvgIpc) is 2.69. The summed E-state index contributed by atoms with van der Waals surface area (Å²) in [7, 11) is 0. The summed E-state index contributed by atoms with van der Waals surface area (Å²) < 4.78 is 0. The fourth-order valence-electron chi connectivity index (χ4n) is 4.07. The van der Waals surface area contributed by atoms with Crippen molar-refractivity contribution in [1.82, 2.24) is 4.98 Å². The third kappa shape index (κ3) is 3.33. The molecule has 0 bridgehead atoms. The molecule has 28 heavy (non-hydrogen) atoms. The van der Waals surface area contributed by atoms with Crippen molar-refractivity contribution in [2.45, 2.75) is 38.5 Å². The van der Waals surface area contributed by atoms with E-state index < -0.39 is 0 Å². The number of aromatic nitrogens is 1. The van der Waals surface area contributed by atoms with Crippen LogP contribution in [0.5, 0.6) is 0 Å². The highest BCUT2D eigenvalue weighted by Gasteiger charge is 2.39. The number of benzene rings is 1. The van der Waals surface area contributed by atoms with Crippen molar-refractivity contribution in [3.8, 4) is 0 Å². The van der Waals surface area contributed by atoms with Gasteiger partial charge in [0.15, 0.2) is 5.78 Å². The molecule has 2 heterocycles. The van der Waals surface area contributed by atoms with Crippen LogP contribution in [-0.2, 0) is 14.4 Å². The van der Waals surface area contributed by atoms with Gasteiger partial charge in [-0.15, -0.1) is 0 Å². The zero-order chi connectivity index (χ0) is 19.7. The standard InChI is InChI=1S/C22H21N3O3/c1-14(26)24-16-5-7-17(8-6-16)25-19-3-2-4-20(27)22(19)18(13-21(25)28)15-9-11-23-12-10-15/h5-12,18H,2-4,13H2,1H3,(H,24,26). The fourth-order valence-corrected chi connectivity index (χ4v) is 4.07. The molecule has 0 saturated carbocycles. The van der Waals surface area contributed by atoms with Crippen LogP contribution < -0.4 is 10.2 Å². The molecule has 1 aliphatic heterocycles. The lowest BCUT2D eigenvalue weighted by molar-refractivity contribution is -0.120. The summed E-state index contributed by atoms with van der Waals surface area (Å²) in [6, 6.07) is 10.9. The summed E-state index contributed by atoms with van der Waals surface area (Å²) in [4.78, 5) is 42.9. The molecule has 1 aliphatic carbocycles. The lowest BCUT2D eigenvalue weighted by atomic mass is 9.77. The van der Waals surface area contributed by atoms with Gasteiger partial charge in [0.25, 0.3) is 0 Å². The van der Waals surface area contributed by atoms with Crippen LogP contribution >= 0.6 is 0 Å². The van der Waals surface area contributed by atoms with E-state index in [4.69, 9.17) is 0 Å². The molecule has 2 aromatic rings. The van der Waals surface area contributed by atoms with Crippen LogP contribution in [0.15, 0.2) is 60.1 Å². The Morgan fingerprint density at radius 3 is 2.46 bits per heavy atom. The number of amides is 2. The maximum Gasteiger partial charge on any atom is 0.232 e. The predicted octanol–water partition coefficient (Wildman–Crippen LogP) is 3.57. The van der Waals surface area contributed by atoms with Crippen molar-refractivity contribution in [2.75, 3.05) is 10.2 Å². The van der Waals surface area contributed by atoms with Crippen LogP contribution in [0.1, 0.15) is 44.1 Å². The number of hydrogen-bond donors (Lipinski definition) is 1. The number of nitrogens with one attached hydrogen (secondary N) is 1. The third-order valence-corrected chi connectivity index (χ3v) is 5.23. The SMILES string of the molecule is CC(=O)Nc1ccc(N2C(=O)CC(c3ccncc3)C3=C2CCCC3=O)cc1. The maximum atomic E-state index is 13.1. The van der Waals surface area contributed by atoms with Gasteiger partial charge in [0, 0.05) is 60.7 Å². The molecule has 1 aromatic carbocycles. The minimum Gasteiger partial charge on any atom is -0.326 e. The molecule has 6 nitrogen and oxygen atoms in total. The van der Waals surface area contributed by atoms with Crippen molar-refractivity contribution in [3.63, 3.8) is 0 Å². The van der Waals surface area contributed by atoms with Gasteiger partial charge in [-0.05, 0) is 54.8 Å². The molecule has 1 N–H and O–H groups in total. The van der Waals surface area contributed by atoms with Crippen LogP contribution in [0.25, 0.3) is 0 Å². The minimum atomic E-state index is -0.215. The van der Waals surface area contributed by atoms with E-state index in [1.54, 1.807) is 41.6 Å². The van der Waals surface area contributed by atoms with Gasteiger partial charge in [-0.1, -0.05) is 0 Å². The van der Waals surface area contributed by atoms with E-state index in [2.05, 4.69) is 10.3 Å². The highest BCUT2D eigenvalue weighted by atomic mass is 16.2. The van der Waals surface area contributed by atoms with E-state index in [9.17, 15) is 14.4 Å². The number of allylic oxidation sites excluding steroid dienone is 2. The molecule has 1 unspecified atom stereocenters. The monoisotopic (exact) mass is 375 g/mol. The largest absolute Gasteiger partial charge is 0.326 e. The lowest BCUT2D eigenvalue weighted by Crippen LogP contribution is -2.40. The van der Waals surface area contributed by atoms with Gasteiger partial charge in [0.2, 0.25) is 11.8 Å². The Morgan fingerprint density at radius 2 is 1.79 bits per heavy atom. The number of ketones is 1. The molecule has 142 valence electrons. The van der Waals surface area contributed by atoms with Gasteiger partial charge >= 0.3 is 0 Å². The van der Waals surface area contributed by atoms with E-state index in [1.807, 2.05) is 12.1 Å². The van der Waals surface area contributed by atoms with E-state index in [0.29, 0.717) is 18.5 Å². The zero-order valence-electron chi connectivity index (χ0n) is 15.6. The van der Waals surface area contributed by atoms with Crippen LogP contribution in [0.3, 0.4) is 0 Å². The molecule has 2 amide bonds. The van der Waals surface area contributed by atoms with Crippen molar-refractivity contribution >= 4 is 29.0 Å². The highest BCUT2D eigenvalue weighted by Crippen LogP contribution is 2.43. The molecule has 2 aliphatic rings. The first-order chi connectivity index (χ1) is 13.5. The van der Waals surface area contributed by atoms with E-state index in [0.717, 1.165) is 28.9 Å². The highest BCUT2D eigenvalue weighted by molar-refractivity contribution is 6.07. The van der Waals surface area contributed by atoms with Gasteiger partial charge in [-0.25, -0.2) is 0 Å². The van der Waals surface area contributed by atoms with E-state index in [1.165, 1.54) is 6.92 Å². The molecule has 0 saturated heterocycles. The number of hydrogen-bond acceptors (Lipinski definition) is 4. The third-order valence-electron chi connectivity index (χ3n) is 5.23. The number of nitrogens with zero attached hydrogens (tertiary/aromatic N) is 2.